The summed E-state index contributed by atoms with van der Waals surface area (Å²) in [5.41, 5.74) is 4.00. The lowest BCUT2D eigenvalue weighted by molar-refractivity contribution is 0.262. The van der Waals surface area contributed by atoms with Gasteiger partial charge in [0.15, 0.2) is 5.65 Å². The second kappa shape index (κ2) is 7.78. The highest BCUT2D eigenvalue weighted by Crippen LogP contribution is 2.24. The van der Waals surface area contributed by atoms with Crippen LogP contribution in [0.15, 0.2) is 59.9 Å². The van der Waals surface area contributed by atoms with Crippen molar-refractivity contribution in [3.63, 3.8) is 0 Å². The molecule has 0 spiro atoms. The largest absolute Gasteiger partial charge is 0.324 e. The number of amides is 2. The summed E-state index contributed by atoms with van der Waals surface area (Å²) < 4.78 is 24.4. The summed E-state index contributed by atoms with van der Waals surface area (Å²) in [6, 6.07) is 10.9. The van der Waals surface area contributed by atoms with E-state index in [1.807, 2.05) is 26.0 Å². The molecular weight excluding hydrogens is 418 g/mol. The van der Waals surface area contributed by atoms with E-state index in [-0.39, 0.29) is 4.90 Å². The molecule has 2 aromatic carbocycles. The number of hydrogen-bond donors (Lipinski definition) is 3. The van der Waals surface area contributed by atoms with Crippen molar-refractivity contribution in [3.05, 3.63) is 66.1 Å². The van der Waals surface area contributed by atoms with Crippen LogP contribution < -0.4 is 15.8 Å². The lowest BCUT2D eigenvalue weighted by Gasteiger charge is -2.09. The molecule has 0 saturated heterocycles. The summed E-state index contributed by atoms with van der Waals surface area (Å²) in [7, 11) is -3.80. The predicted octanol–water partition coefficient (Wildman–Crippen LogP) is 2.72. The minimum absolute atomic E-state index is 0.0465. The van der Waals surface area contributed by atoms with Gasteiger partial charge >= 0.3 is 6.03 Å². The molecule has 2 amide bonds. The van der Waals surface area contributed by atoms with Gasteiger partial charge in [-0.3, -0.25) is 5.32 Å². The molecule has 2 heterocycles. The first-order valence-electron chi connectivity index (χ1n) is 9.19. The first kappa shape index (κ1) is 20.4. The topological polar surface area (TPSA) is 145 Å². The number of nitrogens with two attached hydrogens (primary N) is 1. The molecule has 0 atom stereocenters. The third kappa shape index (κ3) is 4.22. The number of carbonyl (C=O) groups is 1. The number of carbonyl (C=O) groups excluding carboxylic acids is 1. The summed E-state index contributed by atoms with van der Waals surface area (Å²) in [6.45, 7) is 4.01. The summed E-state index contributed by atoms with van der Waals surface area (Å²) in [6.07, 6.45) is 2.94. The number of fused-ring (bicyclic) bond motifs is 1. The van der Waals surface area contributed by atoms with Crippen molar-refractivity contribution in [3.8, 4) is 5.69 Å². The van der Waals surface area contributed by atoms with Crippen molar-refractivity contribution in [2.45, 2.75) is 18.7 Å². The zero-order valence-corrected chi connectivity index (χ0v) is 17.5. The molecule has 0 aliphatic heterocycles. The van der Waals surface area contributed by atoms with E-state index >= 15 is 0 Å². The quantitative estimate of drug-likeness (QED) is 0.448. The van der Waals surface area contributed by atoms with Gasteiger partial charge in [-0.2, -0.15) is 5.10 Å². The Morgan fingerprint density at radius 1 is 1.03 bits per heavy atom. The molecule has 4 N–H and O–H groups in total. The van der Waals surface area contributed by atoms with Gasteiger partial charge in [-0.15, -0.1) is 0 Å². The average molecular weight is 437 g/mol. The number of hydrogen-bond acceptors (Lipinski definition) is 6. The number of anilines is 2. The maximum Gasteiger partial charge on any atom is 0.324 e. The molecule has 0 saturated carbocycles. The van der Waals surface area contributed by atoms with Crippen LogP contribution in [0.4, 0.5) is 16.3 Å². The Bertz CT molecular complexity index is 1400. The van der Waals surface area contributed by atoms with Crippen LogP contribution in [-0.2, 0) is 10.0 Å². The van der Waals surface area contributed by atoms with Gasteiger partial charge in [-0.05, 0) is 49.7 Å². The Morgan fingerprint density at radius 3 is 2.45 bits per heavy atom. The van der Waals surface area contributed by atoms with E-state index in [2.05, 4.69) is 31.8 Å². The molecular formula is C20H19N7O3S. The molecule has 0 bridgehead atoms. The standard InChI is InChI=1S/C20H19N7O3S/c1-12-3-8-17(13(2)9-12)27-19-16(10-24-27)18(22-11-23-19)26-20(28)25-14-4-6-15(7-5-14)31(21,29)30/h3-11H,1-2H3,(H2,21,29,30)(H2,22,23,25,26,28). The highest BCUT2D eigenvalue weighted by molar-refractivity contribution is 7.89. The Labute approximate surface area is 178 Å². The number of primary sulfonamides is 1. The zero-order valence-electron chi connectivity index (χ0n) is 16.7. The monoisotopic (exact) mass is 437 g/mol. The molecule has 2 aromatic heterocycles. The maximum atomic E-state index is 12.4. The van der Waals surface area contributed by atoms with Gasteiger partial charge in [-0.1, -0.05) is 17.7 Å². The fraction of sp³-hybridized carbons (Fsp3) is 0.100. The van der Waals surface area contributed by atoms with Gasteiger partial charge in [0, 0.05) is 5.69 Å². The number of aromatic nitrogens is 4. The van der Waals surface area contributed by atoms with Crippen molar-refractivity contribution < 1.29 is 13.2 Å². The van der Waals surface area contributed by atoms with Gasteiger partial charge in [0.1, 0.15) is 12.1 Å². The molecule has 4 rings (SSSR count). The summed E-state index contributed by atoms with van der Waals surface area (Å²) in [5.74, 6) is 0.291. The molecule has 0 aliphatic rings. The third-order valence-corrected chi connectivity index (χ3v) is 5.55. The van der Waals surface area contributed by atoms with Crippen LogP contribution in [0.1, 0.15) is 11.1 Å². The van der Waals surface area contributed by atoms with E-state index in [1.165, 1.54) is 30.6 Å². The minimum atomic E-state index is -3.80. The first-order chi connectivity index (χ1) is 14.7. The van der Waals surface area contributed by atoms with Crippen molar-refractivity contribution in [1.82, 2.24) is 19.7 Å². The lowest BCUT2D eigenvalue weighted by Crippen LogP contribution is -2.20. The highest BCUT2D eigenvalue weighted by Gasteiger charge is 2.15. The smallest absolute Gasteiger partial charge is 0.308 e. The van der Waals surface area contributed by atoms with E-state index in [1.54, 1.807) is 10.9 Å². The first-order valence-corrected chi connectivity index (χ1v) is 10.7. The lowest BCUT2D eigenvalue weighted by atomic mass is 10.1. The maximum absolute atomic E-state index is 12.4. The van der Waals surface area contributed by atoms with E-state index in [4.69, 9.17) is 5.14 Å². The predicted molar refractivity (Wildman–Crippen MR) is 117 cm³/mol. The van der Waals surface area contributed by atoms with Crippen molar-refractivity contribution in [2.75, 3.05) is 10.6 Å². The van der Waals surface area contributed by atoms with Crippen molar-refractivity contribution >= 4 is 38.6 Å². The fourth-order valence-corrected chi connectivity index (χ4v) is 3.68. The molecule has 0 aliphatic carbocycles. The third-order valence-electron chi connectivity index (χ3n) is 4.62. The molecule has 0 fully saturated rings. The van der Waals surface area contributed by atoms with Gasteiger partial charge in [-0.25, -0.2) is 33.0 Å². The summed E-state index contributed by atoms with van der Waals surface area (Å²) in [4.78, 5) is 20.8. The van der Waals surface area contributed by atoms with Gasteiger partial charge in [0.25, 0.3) is 0 Å². The van der Waals surface area contributed by atoms with Crippen LogP contribution in [0, 0.1) is 13.8 Å². The van der Waals surface area contributed by atoms with Crippen LogP contribution in [-0.4, -0.2) is 34.2 Å². The molecule has 158 valence electrons. The Kier molecular flexibility index (Phi) is 5.13. The molecule has 10 nitrogen and oxygen atoms in total. The van der Waals surface area contributed by atoms with Crippen molar-refractivity contribution in [2.24, 2.45) is 5.14 Å². The van der Waals surface area contributed by atoms with Crippen LogP contribution in [0.3, 0.4) is 0 Å². The molecule has 0 unspecified atom stereocenters. The second-order valence-electron chi connectivity index (χ2n) is 6.95. The fourth-order valence-electron chi connectivity index (χ4n) is 3.16. The number of benzene rings is 2. The van der Waals surface area contributed by atoms with Gasteiger partial charge in [0.05, 0.1) is 22.2 Å². The van der Waals surface area contributed by atoms with Gasteiger partial charge in [0.2, 0.25) is 10.0 Å². The van der Waals surface area contributed by atoms with E-state index in [9.17, 15) is 13.2 Å². The van der Waals surface area contributed by atoms with E-state index in [0.29, 0.717) is 22.5 Å². The Hall–Kier alpha value is -3.83. The highest BCUT2D eigenvalue weighted by atomic mass is 32.2. The minimum Gasteiger partial charge on any atom is -0.308 e. The normalized spacial score (nSPS) is 11.5. The SMILES string of the molecule is Cc1ccc(-n2ncc3c(NC(=O)Nc4ccc(S(N)(=O)=O)cc4)ncnc32)c(C)c1. The van der Waals surface area contributed by atoms with Crippen molar-refractivity contribution in [1.29, 1.82) is 0 Å². The number of aryl methyl sites for hydroxylation is 2. The number of nitrogens with zero attached hydrogens (tertiary/aromatic N) is 4. The van der Waals surface area contributed by atoms with E-state index < -0.39 is 16.1 Å². The summed E-state index contributed by atoms with van der Waals surface area (Å²) >= 11 is 0. The van der Waals surface area contributed by atoms with Crippen LogP contribution in [0.25, 0.3) is 16.7 Å². The molecule has 31 heavy (non-hydrogen) atoms. The van der Waals surface area contributed by atoms with Crippen LogP contribution in [0.5, 0.6) is 0 Å². The Morgan fingerprint density at radius 2 is 1.77 bits per heavy atom. The molecule has 0 radical (unpaired) electrons. The average Bonchev–Trinajstić information content (AvgIpc) is 3.13. The number of rotatable bonds is 4. The Balaban J connectivity index is 1.58. The summed E-state index contributed by atoms with van der Waals surface area (Å²) in [5, 5.41) is 15.3. The molecule has 4 aromatic rings. The number of sulfonamides is 1. The number of urea groups is 1. The van der Waals surface area contributed by atoms with Crippen LogP contribution in [0.2, 0.25) is 0 Å². The second-order valence-corrected chi connectivity index (χ2v) is 8.52. The zero-order chi connectivity index (χ0) is 22.2. The van der Waals surface area contributed by atoms with Gasteiger partial charge < -0.3 is 5.32 Å². The van der Waals surface area contributed by atoms with Crippen LogP contribution >= 0.6 is 0 Å². The van der Waals surface area contributed by atoms with E-state index in [0.717, 1.165) is 16.8 Å². The molecule has 11 heteroatoms. The number of nitrogens with one attached hydrogen (secondary N) is 2.